The summed E-state index contributed by atoms with van der Waals surface area (Å²) in [6, 6.07) is 31.8. The molecule has 0 amide bonds. The molecule has 0 bridgehead atoms. The van der Waals surface area contributed by atoms with Gasteiger partial charge in [0.1, 0.15) is 0 Å². The van der Waals surface area contributed by atoms with Crippen LogP contribution in [0.2, 0.25) is 0 Å². The fourth-order valence-corrected chi connectivity index (χ4v) is 11.8. The molecule has 72 heavy (non-hydrogen) atoms. The number of benzene rings is 5. The van der Waals surface area contributed by atoms with Crippen LogP contribution in [0.4, 0.5) is 0 Å². The van der Waals surface area contributed by atoms with Gasteiger partial charge in [0.25, 0.3) is 0 Å². The van der Waals surface area contributed by atoms with Gasteiger partial charge in [-0.3, -0.25) is 11.8 Å². The zero-order valence-corrected chi connectivity index (χ0v) is 60.3. The molecule has 5 aromatic carbocycles. The monoisotopic (exact) mass is 1710 g/mol. The van der Waals surface area contributed by atoms with Crippen LogP contribution in [0.1, 0.15) is 116 Å². The molecule has 402 valence electrons. The fraction of sp³-hybridized carbons (Fsp3) is 0.433. The van der Waals surface area contributed by atoms with Gasteiger partial charge in [0.05, 0.1) is 10.7 Å². The number of rotatable bonds is 12. The van der Waals surface area contributed by atoms with Crippen LogP contribution in [-0.4, -0.2) is 84.6 Å². The summed E-state index contributed by atoms with van der Waals surface area (Å²) >= 11 is 19.1. The third-order valence-corrected chi connectivity index (χ3v) is 21.7. The molecule has 0 heterocycles. The van der Waals surface area contributed by atoms with E-state index in [2.05, 4.69) is 155 Å². The van der Waals surface area contributed by atoms with Gasteiger partial charge in [-0.05, 0) is 120 Å². The first-order chi connectivity index (χ1) is 32.9. The van der Waals surface area contributed by atoms with Crippen molar-refractivity contribution in [2.24, 2.45) is 0 Å². The van der Waals surface area contributed by atoms with E-state index in [4.69, 9.17) is 59.3 Å². The van der Waals surface area contributed by atoms with E-state index in [1.54, 1.807) is 0 Å². The van der Waals surface area contributed by atoms with Gasteiger partial charge in [-0.1, -0.05) is 155 Å². The van der Waals surface area contributed by atoms with Gasteiger partial charge in [0.2, 0.25) is 0 Å². The molecule has 5 rings (SSSR count). The third kappa shape index (κ3) is 39.0. The summed E-state index contributed by atoms with van der Waals surface area (Å²) in [5, 5.41) is 5.00. The van der Waals surface area contributed by atoms with Crippen LogP contribution < -0.4 is 48.0 Å². The molecule has 0 unspecified atom stereocenters. The first-order valence-electron chi connectivity index (χ1n) is 24.1. The van der Waals surface area contributed by atoms with Crippen molar-refractivity contribution in [1.29, 1.82) is 0 Å². The molecule has 0 atom stereocenters. The third-order valence-electron chi connectivity index (χ3n) is 11.0. The summed E-state index contributed by atoms with van der Waals surface area (Å²) in [4.78, 5) is 0. The number of hydrogen-bond donors (Lipinski definition) is 0. The molecule has 0 aliphatic heterocycles. The van der Waals surface area contributed by atoms with Crippen LogP contribution in [0.15, 0.2) is 97.1 Å². The van der Waals surface area contributed by atoms with Crippen LogP contribution in [0, 0.1) is 48.4 Å². The molecule has 0 aliphatic carbocycles. The summed E-state index contributed by atoms with van der Waals surface area (Å²) in [5.41, 5.74) is 5.18. The Morgan fingerprint density at radius 2 is 0.486 bits per heavy atom. The zero-order chi connectivity index (χ0) is 51.5. The van der Waals surface area contributed by atoms with Gasteiger partial charge < -0.3 is 60.8 Å². The zero-order valence-electron chi connectivity index (χ0n) is 44.8. The van der Waals surface area contributed by atoms with E-state index >= 15 is 0 Å². The molecule has 0 aliphatic rings. The van der Waals surface area contributed by atoms with Crippen molar-refractivity contribution in [1.82, 2.24) is 0 Å². The number of fused-ring (bicyclic) bond motifs is 3. The maximum absolute atomic E-state index is 7.19. The second-order valence-electron chi connectivity index (χ2n) is 14.5. The standard InChI is InChI=1S/C34H16.4C6H15P.2CH2Cl2.2HI.2Pt/c1-3-25-5-9-27(10-6-25)13-15-29-17-19-31-21-22-32-20-18-30(24-34(32)33(31)23-29)16-14-28-11-7-26(4-2)8-12-28;4*1-4-7(5-2)6-3;2*2-1-3;;;;/h5-12,17-24H;4*4-6H2,1-3H3;2*1H2;2*1H;;/q-2;;;;;;;;;2*+2/p-2. The van der Waals surface area contributed by atoms with E-state index < -0.39 is 0 Å². The minimum atomic E-state index is 0. The van der Waals surface area contributed by atoms with Crippen molar-refractivity contribution in [2.75, 3.05) is 84.6 Å². The van der Waals surface area contributed by atoms with Crippen molar-refractivity contribution >= 4 is 99.6 Å². The van der Waals surface area contributed by atoms with Crippen LogP contribution in [0.3, 0.4) is 0 Å². The van der Waals surface area contributed by atoms with E-state index in [9.17, 15) is 0 Å². The Morgan fingerprint density at radius 3 is 0.667 bits per heavy atom. The van der Waals surface area contributed by atoms with Crippen molar-refractivity contribution < 1.29 is 90.1 Å². The maximum Gasteiger partial charge on any atom is 2.00 e. The van der Waals surface area contributed by atoms with Gasteiger partial charge in [-0.25, -0.2) is 0 Å². The second kappa shape index (κ2) is 57.7. The SMILES string of the molecule is CCP(CC)CC.CCP(CC)CC.CCP(CC)CC.CCP(CC)CC.ClCCl.ClCCl.[C-]#Cc1ccc(C#Cc2ccc3ccc4ccc(C#Cc5ccc(C#[C-])cc5)cc4c3c2)cc1.[I-].[I-].[Pt+2].[Pt+2]. The van der Waals surface area contributed by atoms with Gasteiger partial charge in [0.15, 0.2) is 0 Å². The van der Waals surface area contributed by atoms with Crippen molar-refractivity contribution in [2.45, 2.75) is 83.1 Å². The summed E-state index contributed by atoms with van der Waals surface area (Å²) in [6.07, 6.45) is 31.4. The van der Waals surface area contributed by atoms with Crippen molar-refractivity contribution in [3.63, 3.8) is 0 Å². The normalized spacial score (nSPS) is 9.14. The molecule has 0 saturated carbocycles. The summed E-state index contributed by atoms with van der Waals surface area (Å²) in [6.45, 7) is 27.5. The van der Waals surface area contributed by atoms with Crippen LogP contribution >= 0.6 is 78.1 Å². The number of halogens is 6. The van der Waals surface area contributed by atoms with Crippen LogP contribution in [0.5, 0.6) is 0 Å². The average molecular weight is 1710 g/mol. The molecule has 0 aromatic heterocycles. The first kappa shape index (κ1) is 83.9. The van der Waals surface area contributed by atoms with E-state index in [1.165, 1.54) is 73.9 Å². The largest absolute Gasteiger partial charge is 2.00 e. The molecule has 0 saturated heterocycles. The fourth-order valence-electron chi connectivity index (χ4n) is 6.45. The summed E-state index contributed by atoms with van der Waals surface area (Å²) in [5.74, 6) is 17.7. The predicted molar refractivity (Wildman–Crippen MR) is 326 cm³/mol. The topological polar surface area (TPSA) is 0 Å². The Kier molecular flexibility index (Phi) is 67.3. The van der Waals surface area contributed by atoms with E-state index in [1.807, 2.05) is 60.7 Å². The van der Waals surface area contributed by atoms with Gasteiger partial charge in [-0.2, -0.15) is 0 Å². The Labute approximate surface area is 530 Å². The van der Waals surface area contributed by atoms with Crippen LogP contribution in [-0.2, 0) is 42.1 Å². The molecule has 0 spiro atoms. The molecule has 0 N–H and O–H groups in total. The maximum atomic E-state index is 7.19. The molecular weight excluding hydrogens is 1630 g/mol. The predicted octanol–water partition coefficient (Wildman–Crippen LogP) is 13.6. The molecule has 5 aromatic rings. The first-order valence-corrected chi connectivity index (χ1v) is 33.9. The van der Waals surface area contributed by atoms with E-state index in [-0.39, 0.29) is 101 Å². The Balaban J connectivity index is -0.000000235. The van der Waals surface area contributed by atoms with Crippen LogP contribution in [0.25, 0.3) is 21.5 Å². The van der Waals surface area contributed by atoms with E-state index in [0.29, 0.717) is 31.7 Å². The minimum absolute atomic E-state index is 0. The second-order valence-corrected chi connectivity index (χ2v) is 29.1. The van der Waals surface area contributed by atoms with Crippen molar-refractivity contribution in [3.05, 3.63) is 143 Å². The number of hydrogen-bond acceptors (Lipinski definition) is 0. The van der Waals surface area contributed by atoms with Gasteiger partial charge in [-0.15, -0.1) is 113 Å². The van der Waals surface area contributed by atoms with E-state index in [0.717, 1.165) is 54.9 Å². The molecule has 0 fully saturated rings. The summed E-state index contributed by atoms with van der Waals surface area (Å²) in [7, 11) is 1.78. The Hall–Kier alpha value is 0.577. The smallest absolute Gasteiger partial charge is 1.00 e. The quantitative estimate of drug-likeness (QED) is 0.0292. The average Bonchev–Trinajstić information content (AvgIpc) is 3.38. The van der Waals surface area contributed by atoms with Gasteiger partial charge >= 0.3 is 42.1 Å². The number of alkyl halides is 4. The molecule has 0 radical (unpaired) electrons. The Morgan fingerprint density at radius 1 is 0.319 bits per heavy atom. The molecular formula is C60H80Cl4I2P4Pt2. The van der Waals surface area contributed by atoms with Gasteiger partial charge in [0, 0.05) is 22.3 Å². The molecule has 12 heteroatoms. The summed E-state index contributed by atoms with van der Waals surface area (Å²) < 4.78 is 0. The molecule has 0 nitrogen and oxygen atoms in total. The Bertz CT molecular complexity index is 2040. The minimum Gasteiger partial charge on any atom is -1.00 e. The van der Waals surface area contributed by atoms with Crippen molar-refractivity contribution in [3.8, 4) is 35.5 Å².